The second kappa shape index (κ2) is 10.9. The standard InChI is InChI=1S/C25H29F3N2O4/c1-14(2)30(24(31)16-8-6-5-7-9-16)19-13-18(26)20(12-17(19)25(32)33-4)34-23-21(22(27)28)15(3)10-11-29-23/h10-14,16,22H,5-9H2,1-4H3. The Kier molecular flexibility index (Phi) is 8.17. The van der Waals surface area contributed by atoms with Gasteiger partial charge in [0, 0.05) is 30.3 Å². The number of aryl methyl sites for hydroxylation is 1. The van der Waals surface area contributed by atoms with Gasteiger partial charge in [-0.25, -0.2) is 22.9 Å². The lowest BCUT2D eigenvalue weighted by molar-refractivity contribution is -0.123. The van der Waals surface area contributed by atoms with E-state index in [1.807, 2.05) is 0 Å². The fourth-order valence-corrected chi connectivity index (χ4v) is 4.29. The highest BCUT2D eigenvalue weighted by atomic mass is 19.3. The van der Waals surface area contributed by atoms with Crippen LogP contribution in [-0.4, -0.2) is 30.0 Å². The van der Waals surface area contributed by atoms with Crippen molar-refractivity contribution in [3.8, 4) is 11.6 Å². The summed E-state index contributed by atoms with van der Waals surface area (Å²) in [6, 6.07) is 3.11. The summed E-state index contributed by atoms with van der Waals surface area (Å²) in [6.07, 6.45) is 2.77. The van der Waals surface area contributed by atoms with E-state index < -0.39 is 35.4 Å². The summed E-state index contributed by atoms with van der Waals surface area (Å²) in [4.78, 5) is 31.2. The molecule has 1 aliphatic carbocycles. The number of pyridine rings is 1. The number of anilines is 1. The number of rotatable bonds is 7. The maximum atomic E-state index is 15.2. The highest BCUT2D eigenvalue weighted by Crippen LogP contribution is 2.38. The molecule has 6 nitrogen and oxygen atoms in total. The summed E-state index contributed by atoms with van der Waals surface area (Å²) in [5, 5.41) is 0. The van der Waals surface area contributed by atoms with Gasteiger partial charge >= 0.3 is 5.97 Å². The molecular weight excluding hydrogens is 449 g/mol. The molecule has 0 atom stereocenters. The first kappa shape index (κ1) is 25.5. The van der Waals surface area contributed by atoms with Gasteiger partial charge in [0.05, 0.1) is 23.9 Å². The van der Waals surface area contributed by atoms with E-state index in [2.05, 4.69) is 4.98 Å². The Bertz CT molecular complexity index is 1050. The van der Waals surface area contributed by atoms with E-state index in [-0.39, 0.29) is 34.7 Å². The molecule has 3 rings (SSSR count). The highest BCUT2D eigenvalue weighted by Gasteiger charge is 2.32. The van der Waals surface area contributed by atoms with E-state index in [9.17, 15) is 18.4 Å². The van der Waals surface area contributed by atoms with E-state index in [4.69, 9.17) is 9.47 Å². The second-order valence-electron chi connectivity index (χ2n) is 8.68. The van der Waals surface area contributed by atoms with Gasteiger partial charge in [-0.05, 0) is 45.2 Å². The second-order valence-corrected chi connectivity index (χ2v) is 8.68. The number of hydrogen-bond donors (Lipinski definition) is 0. The molecule has 0 bridgehead atoms. The van der Waals surface area contributed by atoms with Crippen LogP contribution in [0.4, 0.5) is 18.9 Å². The van der Waals surface area contributed by atoms with Gasteiger partial charge in [0.1, 0.15) is 0 Å². The van der Waals surface area contributed by atoms with Gasteiger partial charge in [0.25, 0.3) is 6.43 Å². The Morgan fingerprint density at radius 2 is 1.82 bits per heavy atom. The lowest BCUT2D eigenvalue weighted by Crippen LogP contribution is -2.42. The Labute approximate surface area is 197 Å². The molecule has 1 aromatic carbocycles. The van der Waals surface area contributed by atoms with Crippen LogP contribution in [0.1, 0.15) is 73.9 Å². The number of benzene rings is 1. The quantitative estimate of drug-likeness (QED) is 0.433. The number of hydrogen-bond acceptors (Lipinski definition) is 5. The van der Waals surface area contributed by atoms with E-state index in [1.54, 1.807) is 13.8 Å². The average molecular weight is 479 g/mol. The topological polar surface area (TPSA) is 68.7 Å². The van der Waals surface area contributed by atoms with Crippen LogP contribution in [0.25, 0.3) is 0 Å². The summed E-state index contributed by atoms with van der Waals surface area (Å²) in [5.74, 6) is -3.07. The van der Waals surface area contributed by atoms with Crippen molar-refractivity contribution in [1.29, 1.82) is 0 Å². The van der Waals surface area contributed by atoms with E-state index in [1.165, 1.54) is 24.1 Å². The molecule has 1 aliphatic rings. The first-order valence-corrected chi connectivity index (χ1v) is 11.3. The molecule has 0 unspecified atom stereocenters. The Balaban J connectivity index is 2.08. The van der Waals surface area contributed by atoms with Crippen molar-refractivity contribution >= 4 is 17.6 Å². The minimum Gasteiger partial charge on any atom is -0.465 e. The van der Waals surface area contributed by atoms with Gasteiger partial charge in [-0.1, -0.05) is 19.3 Å². The highest BCUT2D eigenvalue weighted by molar-refractivity contribution is 6.04. The van der Waals surface area contributed by atoms with Gasteiger partial charge in [-0.15, -0.1) is 0 Å². The van der Waals surface area contributed by atoms with Gasteiger partial charge in [-0.2, -0.15) is 0 Å². The number of nitrogens with zero attached hydrogens (tertiary/aromatic N) is 2. The summed E-state index contributed by atoms with van der Waals surface area (Å²) in [6.45, 7) is 5.01. The predicted octanol–water partition coefficient (Wildman–Crippen LogP) is 6.37. The fourth-order valence-electron chi connectivity index (χ4n) is 4.29. The van der Waals surface area contributed by atoms with Crippen molar-refractivity contribution in [3.63, 3.8) is 0 Å². The number of halogens is 3. The molecule has 2 aromatic rings. The van der Waals surface area contributed by atoms with Crippen LogP contribution < -0.4 is 9.64 Å². The third-order valence-corrected chi connectivity index (χ3v) is 6.02. The number of esters is 1. The molecule has 1 aromatic heterocycles. The minimum absolute atomic E-state index is 0.0496. The van der Waals surface area contributed by atoms with Gasteiger partial charge < -0.3 is 14.4 Å². The van der Waals surface area contributed by atoms with Gasteiger partial charge in [0.15, 0.2) is 11.6 Å². The molecular formula is C25H29F3N2O4. The number of carbonyl (C=O) groups excluding carboxylic acids is 2. The van der Waals surface area contributed by atoms with Crippen LogP contribution in [0.3, 0.4) is 0 Å². The van der Waals surface area contributed by atoms with Crippen LogP contribution in [-0.2, 0) is 9.53 Å². The molecule has 0 aliphatic heterocycles. The Hall–Kier alpha value is -3.10. The van der Waals surface area contributed by atoms with Crippen molar-refractivity contribution in [2.45, 2.75) is 65.3 Å². The summed E-state index contributed by atoms with van der Waals surface area (Å²) in [7, 11) is 1.16. The van der Waals surface area contributed by atoms with Crippen molar-refractivity contribution in [2.24, 2.45) is 5.92 Å². The lowest BCUT2D eigenvalue weighted by atomic mass is 9.87. The molecule has 184 valence electrons. The molecule has 1 fully saturated rings. The van der Waals surface area contributed by atoms with Crippen molar-refractivity contribution in [1.82, 2.24) is 4.98 Å². The maximum absolute atomic E-state index is 15.2. The number of alkyl halides is 2. The molecule has 0 radical (unpaired) electrons. The molecule has 9 heteroatoms. The zero-order chi connectivity index (χ0) is 25.0. The first-order valence-electron chi connectivity index (χ1n) is 11.3. The summed E-state index contributed by atoms with van der Waals surface area (Å²) in [5.41, 5.74) is -0.298. The zero-order valence-electron chi connectivity index (χ0n) is 19.7. The average Bonchev–Trinajstić information content (AvgIpc) is 2.80. The largest absolute Gasteiger partial charge is 0.465 e. The third-order valence-electron chi connectivity index (χ3n) is 6.02. The first-order chi connectivity index (χ1) is 16.1. The normalized spacial score (nSPS) is 14.4. The SMILES string of the molecule is COC(=O)c1cc(Oc2nccc(C)c2C(F)F)c(F)cc1N(C(=O)C1CCCCC1)C(C)C. The predicted molar refractivity (Wildman–Crippen MR) is 121 cm³/mol. The van der Waals surface area contributed by atoms with Gasteiger partial charge in [0.2, 0.25) is 11.8 Å². The molecule has 1 saturated carbocycles. The molecule has 1 heterocycles. The number of aromatic nitrogens is 1. The number of carbonyl (C=O) groups is 2. The Morgan fingerprint density at radius 3 is 2.41 bits per heavy atom. The van der Waals surface area contributed by atoms with E-state index >= 15 is 4.39 Å². The third kappa shape index (κ3) is 5.34. The van der Waals surface area contributed by atoms with Crippen molar-refractivity contribution in [3.05, 3.63) is 46.9 Å². The smallest absolute Gasteiger partial charge is 0.340 e. The van der Waals surface area contributed by atoms with Gasteiger partial charge in [-0.3, -0.25) is 4.79 Å². The number of methoxy groups -OCH3 is 1. The van der Waals surface area contributed by atoms with E-state index in [0.29, 0.717) is 0 Å². The number of ether oxygens (including phenoxy) is 2. The lowest BCUT2D eigenvalue weighted by Gasteiger charge is -2.33. The molecule has 0 N–H and O–H groups in total. The maximum Gasteiger partial charge on any atom is 0.340 e. The van der Waals surface area contributed by atoms with Crippen molar-refractivity contribution in [2.75, 3.05) is 12.0 Å². The van der Waals surface area contributed by atoms with Crippen molar-refractivity contribution < 1.29 is 32.2 Å². The molecule has 0 saturated heterocycles. The van der Waals surface area contributed by atoms with Crippen LogP contribution in [0.5, 0.6) is 11.6 Å². The van der Waals surface area contributed by atoms with Crippen LogP contribution in [0.15, 0.2) is 24.4 Å². The van der Waals surface area contributed by atoms with Crippen LogP contribution in [0, 0.1) is 18.7 Å². The van der Waals surface area contributed by atoms with Crippen LogP contribution in [0.2, 0.25) is 0 Å². The minimum atomic E-state index is -2.89. The molecule has 34 heavy (non-hydrogen) atoms. The number of amides is 1. The summed E-state index contributed by atoms with van der Waals surface area (Å²) < 4.78 is 52.6. The fraction of sp³-hybridized carbons (Fsp3) is 0.480. The molecule has 0 spiro atoms. The monoisotopic (exact) mass is 478 g/mol. The Morgan fingerprint density at radius 1 is 1.15 bits per heavy atom. The summed E-state index contributed by atoms with van der Waals surface area (Å²) >= 11 is 0. The van der Waals surface area contributed by atoms with E-state index in [0.717, 1.165) is 51.3 Å². The van der Waals surface area contributed by atoms with Crippen LogP contribution >= 0.6 is 0 Å². The zero-order valence-corrected chi connectivity index (χ0v) is 19.7. The molecule has 1 amide bonds.